The van der Waals surface area contributed by atoms with Crippen molar-refractivity contribution in [2.45, 2.75) is 37.9 Å². The molecule has 0 aliphatic carbocycles. The lowest BCUT2D eigenvalue weighted by molar-refractivity contribution is -0.118. The van der Waals surface area contributed by atoms with Crippen molar-refractivity contribution < 1.29 is 4.79 Å². The first-order valence-electron chi connectivity index (χ1n) is 9.62. The van der Waals surface area contributed by atoms with E-state index in [0.717, 1.165) is 19.3 Å². The summed E-state index contributed by atoms with van der Waals surface area (Å²) in [6.07, 6.45) is 2.62. The molecule has 3 rings (SSSR count). The zero-order valence-corrected chi connectivity index (χ0v) is 16.9. The molecule has 28 heavy (non-hydrogen) atoms. The highest BCUT2D eigenvalue weighted by molar-refractivity contribution is 7.99. The van der Waals surface area contributed by atoms with E-state index in [-0.39, 0.29) is 17.2 Å². The SMILES string of the molecule is CCCNC(=O)CSc1nc2ccccc2c(=O)n1CCCc1ccccc1. The van der Waals surface area contributed by atoms with E-state index in [1.807, 2.05) is 43.3 Å². The van der Waals surface area contributed by atoms with Gasteiger partial charge >= 0.3 is 0 Å². The maximum absolute atomic E-state index is 13.0. The van der Waals surface area contributed by atoms with Crippen LogP contribution in [0, 0.1) is 0 Å². The lowest BCUT2D eigenvalue weighted by Crippen LogP contribution is -2.27. The Bertz CT molecular complexity index is 986. The van der Waals surface area contributed by atoms with Gasteiger partial charge in [0, 0.05) is 13.1 Å². The summed E-state index contributed by atoms with van der Waals surface area (Å²) in [6, 6.07) is 17.6. The minimum Gasteiger partial charge on any atom is -0.355 e. The number of benzene rings is 2. The Hall–Kier alpha value is -2.60. The Morgan fingerprint density at radius 3 is 2.64 bits per heavy atom. The zero-order valence-electron chi connectivity index (χ0n) is 16.1. The van der Waals surface area contributed by atoms with Crippen LogP contribution in [0.1, 0.15) is 25.3 Å². The van der Waals surface area contributed by atoms with E-state index in [2.05, 4.69) is 22.4 Å². The van der Waals surface area contributed by atoms with Crippen molar-refractivity contribution >= 4 is 28.6 Å². The summed E-state index contributed by atoms with van der Waals surface area (Å²) in [4.78, 5) is 29.7. The number of rotatable bonds is 9. The van der Waals surface area contributed by atoms with Gasteiger partial charge in [-0.2, -0.15) is 0 Å². The number of aromatic nitrogens is 2. The molecule has 5 nitrogen and oxygen atoms in total. The largest absolute Gasteiger partial charge is 0.355 e. The van der Waals surface area contributed by atoms with Crippen LogP contribution >= 0.6 is 11.8 Å². The Balaban J connectivity index is 1.80. The van der Waals surface area contributed by atoms with Crippen LogP contribution in [0.5, 0.6) is 0 Å². The van der Waals surface area contributed by atoms with Gasteiger partial charge in [-0.3, -0.25) is 14.2 Å². The van der Waals surface area contributed by atoms with Crippen molar-refractivity contribution in [1.82, 2.24) is 14.9 Å². The molecule has 0 atom stereocenters. The molecule has 2 aromatic carbocycles. The molecule has 0 unspecified atom stereocenters. The Labute approximate surface area is 169 Å². The molecule has 1 amide bonds. The van der Waals surface area contributed by atoms with Crippen molar-refractivity contribution in [2.24, 2.45) is 0 Å². The molecule has 6 heteroatoms. The van der Waals surface area contributed by atoms with Crippen LogP contribution in [0.2, 0.25) is 0 Å². The number of carbonyl (C=O) groups is 1. The lowest BCUT2D eigenvalue weighted by atomic mass is 10.1. The van der Waals surface area contributed by atoms with Gasteiger partial charge in [0.25, 0.3) is 5.56 Å². The maximum Gasteiger partial charge on any atom is 0.262 e. The predicted octanol–water partition coefficient (Wildman–Crippen LogP) is 3.65. The van der Waals surface area contributed by atoms with Crippen LogP contribution in [0.3, 0.4) is 0 Å². The van der Waals surface area contributed by atoms with E-state index in [4.69, 9.17) is 0 Å². The smallest absolute Gasteiger partial charge is 0.262 e. The Morgan fingerprint density at radius 2 is 1.86 bits per heavy atom. The van der Waals surface area contributed by atoms with Crippen molar-refractivity contribution in [3.8, 4) is 0 Å². The van der Waals surface area contributed by atoms with E-state index < -0.39 is 0 Å². The second-order valence-corrected chi connectivity index (χ2v) is 7.54. The fourth-order valence-corrected chi connectivity index (χ4v) is 3.84. The van der Waals surface area contributed by atoms with E-state index in [0.29, 0.717) is 29.1 Å². The third-order valence-electron chi connectivity index (χ3n) is 4.42. The number of aryl methyl sites for hydroxylation is 1. The number of fused-ring (bicyclic) bond motifs is 1. The number of hydrogen-bond acceptors (Lipinski definition) is 4. The van der Waals surface area contributed by atoms with Gasteiger partial charge in [0.2, 0.25) is 5.91 Å². The molecule has 0 aliphatic rings. The summed E-state index contributed by atoms with van der Waals surface area (Å²) in [7, 11) is 0. The topological polar surface area (TPSA) is 64.0 Å². The fraction of sp³-hybridized carbons (Fsp3) is 0.318. The van der Waals surface area contributed by atoms with Gasteiger partial charge < -0.3 is 5.32 Å². The molecular formula is C22H25N3O2S. The average Bonchev–Trinajstić information content (AvgIpc) is 2.73. The highest BCUT2D eigenvalue weighted by atomic mass is 32.2. The molecule has 1 N–H and O–H groups in total. The summed E-state index contributed by atoms with van der Waals surface area (Å²) in [5.74, 6) is 0.216. The van der Waals surface area contributed by atoms with Gasteiger partial charge in [0.15, 0.2) is 5.16 Å². The average molecular weight is 396 g/mol. The first-order chi connectivity index (χ1) is 13.7. The molecule has 0 spiro atoms. The van der Waals surface area contributed by atoms with E-state index in [1.54, 1.807) is 10.6 Å². The van der Waals surface area contributed by atoms with Gasteiger partial charge in [-0.15, -0.1) is 0 Å². The number of nitrogens with one attached hydrogen (secondary N) is 1. The van der Waals surface area contributed by atoms with Crippen LogP contribution in [-0.2, 0) is 17.8 Å². The van der Waals surface area contributed by atoms with Gasteiger partial charge in [-0.25, -0.2) is 4.98 Å². The highest BCUT2D eigenvalue weighted by Gasteiger charge is 2.13. The molecule has 0 saturated heterocycles. The summed E-state index contributed by atoms with van der Waals surface area (Å²) in [6.45, 7) is 3.25. The molecule has 1 aromatic heterocycles. The van der Waals surface area contributed by atoms with Crippen molar-refractivity contribution in [2.75, 3.05) is 12.3 Å². The third kappa shape index (κ3) is 5.23. The molecule has 1 heterocycles. The first kappa shape index (κ1) is 20.1. The summed E-state index contributed by atoms with van der Waals surface area (Å²) in [5.41, 5.74) is 1.87. The number of amides is 1. The van der Waals surface area contributed by atoms with Crippen LogP contribution in [0.4, 0.5) is 0 Å². The van der Waals surface area contributed by atoms with Gasteiger partial charge in [-0.05, 0) is 37.0 Å². The van der Waals surface area contributed by atoms with Gasteiger partial charge in [0.05, 0.1) is 16.7 Å². The number of carbonyl (C=O) groups excluding carboxylic acids is 1. The Morgan fingerprint density at radius 1 is 1.11 bits per heavy atom. The first-order valence-corrected chi connectivity index (χ1v) is 10.6. The van der Waals surface area contributed by atoms with Crippen LogP contribution in [0.25, 0.3) is 10.9 Å². The normalized spacial score (nSPS) is 10.9. The predicted molar refractivity (Wildman–Crippen MR) is 115 cm³/mol. The molecule has 0 aliphatic heterocycles. The van der Waals surface area contributed by atoms with E-state index in [9.17, 15) is 9.59 Å². The van der Waals surface area contributed by atoms with E-state index in [1.165, 1.54) is 17.3 Å². The van der Waals surface area contributed by atoms with Crippen LogP contribution < -0.4 is 10.9 Å². The number of hydrogen-bond donors (Lipinski definition) is 1. The second kappa shape index (κ2) is 10.1. The molecule has 0 radical (unpaired) electrons. The lowest BCUT2D eigenvalue weighted by Gasteiger charge is -2.13. The molecule has 3 aromatic rings. The monoisotopic (exact) mass is 395 g/mol. The van der Waals surface area contributed by atoms with Crippen molar-refractivity contribution in [1.29, 1.82) is 0 Å². The quantitative estimate of drug-likeness (QED) is 0.444. The fourth-order valence-electron chi connectivity index (χ4n) is 2.99. The number of para-hydroxylation sites is 1. The van der Waals surface area contributed by atoms with Crippen molar-refractivity contribution in [3.63, 3.8) is 0 Å². The number of thioether (sulfide) groups is 1. The van der Waals surface area contributed by atoms with Crippen molar-refractivity contribution in [3.05, 3.63) is 70.5 Å². The van der Waals surface area contributed by atoms with E-state index >= 15 is 0 Å². The number of nitrogens with zero attached hydrogens (tertiary/aromatic N) is 2. The molecular weight excluding hydrogens is 370 g/mol. The molecule has 0 saturated carbocycles. The minimum atomic E-state index is -0.0462. The molecule has 0 fully saturated rings. The molecule has 146 valence electrons. The van der Waals surface area contributed by atoms with Gasteiger partial charge in [-0.1, -0.05) is 61.2 Å². The summed E-state index contributed by atoms with van der Waals surface area (Å²) < 4.78 is 1.71. The maximum atomic E-state index is 13.0. The summed E-state index contributed by atoms with van der Waals surface area (Å²) in [5, 5.41) is 4.08. The Kier molecular flexibility index (Phi) is 7.25. The standard InChI is InChI=1S/C22H25N3O2S/c1-2-14-23-20(26)16-28-22-24-19-13-7-6-12-18(19)21(27)25(22)15-8-11-17-9-4-3-5-10-17/h3-7,9-10,12-13H,2,8,11,14-16H2,1H3,(H,23,26). The van der Waals surface area contributed by atoms with Gasteiger partial charge in [0.1, 0.15) is 0 Å². The minimum absolute atomic E-state index is 0.0370. The zero-order chi connectivity index (χ0) is 19.8. The summed E-state index contributed by atoms with van der Waals surface area (Å²) >= 11 is 1.32. The second-order valence-electron chi connectivity index (χ2n) is 6.60. The molecule has 0 bridgehead atoms. The highest BCUT2D eigenvalue weighted by Crippen LogP contribution is 2.18. The third-order valence-corrected chi connectivity index (χ3v) is 5.40. The van der Waals surface area contributed by atoms with Crippen LogP contribution in [0.15, 0.2) is 64.5 Å². The van der Waals surface area contributed by atoms with Crippen LogP contribution in [-0.4, -0.2) is 27.8 Å².